The number of guanidine groups is 1. The minimum atomic E-state index is 0.565. The lowest BCUT2D eigenvalue weighted by atomic mass is 9.99. The van der Waals surface area contributed by atoms with Crippen molar-refractivity contribution in [3.05, 3.63) is 59.7 Å². The molecule has 1 aliphatic heterocycles. The first kappa shape index (κ1) is 19.1. The van der Waals surface area contributed by atoms with Gasteiger partial charge in [-0.1, -0.05) is 36.4 Å². The highest BCUT2D eigenvalue weighted by Crippen LogP contribution is 2.29. The third-order valence-corrected chi connectivity index (χ3v) is 4.95. The standard InChI is InChI=1S/C22H29N3O2/c1-4-27-21-14-17(10-11-20(21)26-3)15-24-22(23-2)25-13-12-19(16-25)18-8-6-5-7-9-18/h5-11,14,19H,4,12-13,15-16H2,1-3H3,(H,23,24). The van der Waals surface area contributed by atoms with E-state index < -0.39 is 0 Å². The largest absolute Gasteiger partial charge is 0.493 e. The number of hydrogen-bond donors (Lipinski definition) is 1. The zero-order chi connectivity index (χ0) is 19.1. The Labute approximate surface area is 162 Å². The summed E-state index contributed by atoms with van der Waals surface area (Å²) in [6, 6.07) is 16.8. The van der Waals surface area contributed by atoms with Crippen LogP contribution < -0.4 is 14.8 Å². The summed E-state index contributed by atoms with van der Waals surface area (Å²) in [4.78, 5) is 6.82. The second-order valence-electron chi connectivity index (χ2n) is 6.66. The molecule has 1 fully saturated rings. The van der Waals surface area contributed by atoms with E-state index in [-0.39, 0.29) is 0 Å². The van der Waals surface area contributed by atoms with Crippen molar-refractivity contribution in [1.82, 2.24) is 10.2 Å². The van der Waals surface area contributed by atoms with Crippen LogP contribution in [0.15, 0.2) is 53.5 Å². The molecular weight excluding hydrogens is 338 g/mol. The number of likely N-dealkylation sites (tertiary alicyclic amines) is 1. The van der Waals surface area contributed by atoms with Gasteiger partial charge in [-0.05, 0) is 36.6 Å². The fraction of sp³-hybridized carbons (Fsp3) is 0.409. The minimum Gasteiger partial charge on any atom is -0.493 e. The molecule has 0 spiro atoms. The Balaban J connectivity index is 1.61. The van der Waals surface area contributed by atoms with Crippen LogP contribution in [0.3, 0.4) is 0 Å². The van der Waals surface area contributed by atoms with Gasteiger partial charge < -0.3 is 19.7 Å². The molecule has 5 heteroatoms. The highest BCUT2D eigenvalue weighted by Gasteiger charge is 2.25. The first-order valence-electron chi connectivity index (χ1n) is 9.55. The van der Waals surface area contributed by atoms with Gasteiger partial charge in [0.15, 0.2) is 17.5 Å². The SMILES string of the molecule is CCOc1cc(CNC(=NC)N2CCC(c3ccccc3)C2)ccc1OC. The van der Waals surface area contributed by atoms with E-state index in [0.717, 1.165) is 42.5 Å². The molecule has 1 unspecified atom stereocenters. The lowest BCUT2D eigenvalue weighted by Crippen LogP contribution is -2.39. The lowest BCUT2D eigenvalue weighted by molar-refractivity contribution is 0.310. The number of aliphatic imine (C=N–C) groups is 1. The fourth-order valence-corrected chi connectivity index (χ4v) is 3.56. The van der Waals surface area contributed by atoms with Gasteiger partial charge in [-0.25, -0.2) is 0 Å². The van der Waals surface area contributed by atoms with Crippen LogP contribution in [0.5, 0.6) is 11.5 Å². The van der Waals surface area contributed by atoms with E-state index in [1.54, 1.807) is 7.11 Å². The molecule has 1 heterocycles. The summed E-state index contributed by atoms with van der Waals surface area (Å²) >= 11 is 0. The smallest absolute Gasteiger partial charge is 0.193 e. The third kappa shape index (κ3) is 4.73. The van der Waals surface area contributed by atoms with Crippen molar-refractivity contribution < 1.29 is 9.47 Å². The molecule has 1 saturated heterocycles. The number of ether oxygens (including phenoxy) is 2. The van der Waals surface area contributed by atoms with Gasteiger partial charge in [-0.2, -0.15) is 0 Å². The molecule has 2 aromatic carbocycles. The van der Waals surface area contributed by atoms with E-state index >= 15 is 0 Å². The second kappa shape index (κ2) is 9.31. The van der Waals surface area contributed by atoms with E-state index in [1.165, 1.54) is 5.56 Å². The zero-order valence-electron chi connectivity index (χ0n) is 16.4. The molecule has 0 radical (unpaired) electrons. The highest BCUT2D eigenvalue weighted by atomic mass is 16.5. The van der Waals surface area contributed by atoms with Crippen LogP contribution >= 0.6 is 0 Å². The first-order valence-corrected chi connectivity index (χ1v) is 9.55. The molecule has 1 atom stereocenters. The maximum atomic E-state index is 5.67. The van der Waals surface area contributed by atoms with Gasteiger partial charge in [0, 0.05) is 32.6 Å². The molecule has 0 aromatic heterocycles. The minimum absolute atomic E-state index is 0.565. The maximum Gasteiger partial charge on any atom is 0.193 e. The maximum absolute atomic E-state index is 5.67. The number of nitrogens with zero attached hydrogens (tertiary/aromatic N) is 2. The predicted octanol–water partition coefficient (Wildman–Crippen LogP) is 3.66. The van der Waals surface area contributed by atoms with Crippen LogP contribution in [-0.2, 0) is 6.54 Å². The number of rotatable bonds is 6. The Hall–Kier alpha value is -2.69. The Bertz CT molecular complexity index is 761. The topological polar surface area (TPSA) is 46.1 Å². The molecule has 27 heavy (non-hydrogen) atoms. The van der Waals surface area contributed by atoms with Crippen molar-refractivity contribution >= 4 is 5.96 Å². The molecule has 1 N–H and O–H groups in total. The van der Waals surface area contributed by atoms with Crippen molar-refractivity contribution in [2.45, 2.75) is 25.8 Å². The Kier molecular flexibility index (Phi) is 6.58. The second-order valence-corrected chi connectivity index (χ2v) is 6.66. The predicted molar refractivity (Wildman–Crippen MR) is 110 cm³/mol. The summed E-state index contributed by atoms with van der Waals surface area (Å²) < 4.78 is 11.0. The van der Waals surface area contributed by atoms with Gasteiger partial charge in [-0.15, -0.1) is 0 Å². The van der Waals surface area contributed by atoms with E-state index in [4.69, 9.17) is 9.47 Å². The molecule has 0 saturated carbocycles. The van der Waals surface area contributed by atoms with E-state index in [9.17, 15) is 0 Å². The van der Waals surface area contributed by atoms with Crippen molar-refractivity contribution in [1.29, 1.82) is 0 Å². The molecule has 5 nitrogen and oxygen atoms in total. The van der Waals surface area contributed by atoms with Crippen LogP contribution in [0.1, 0.15) is 30.4 Å². The van der Waals surface area contributed by atoms with Gasteiger partial charge in [0.05, 0.1) is 13.7 Å². The lowest BCUT2D eigenvalue weighted by Gasteiger charge is -2.22. The van der Waals surface area contributed by atoms with Crippen molar-refractivity contribution in [2.75, 3.05) is 33.9 Å². The molecule has 0 aliphatic carbocycles. The van der Waals surface area contributed by atoms with E-state index in [0.29, 0.717) is 19.1 Å². The third-order valence-electron chi connectivity index (χ3n) is 4.95. The number of benzene rings is 2. The van der Waals surface area contributed by atoms with Crippen molar-refractivity contribution in [2.24, 2.45) is 4.99 Å². The number of methoxy groups -OCH3 is 1. The van der Waals surface area contributed by atoms with Crippen molar-refractivity contribution in [3.63, 3.8) is 0 Å². The fourth-order valence-electron chi connectivity index (χ4n) is 3.56. The zero-order valence-corrected chi connectivity index (χ0v) is 16.4. The van der Waals surface area contributed by atoms with Gasteiger partial charge in [0.2, 0.25) is 0 Å². The van der Waals surface area contributed by atoms with Crippen LogP contribution in [0.4, 0.5) is 0 Å². The van der Waals surface area contributed by atoms with Crippen molar-refractivity contribution in [3.8, 4) is 11.5 Å². The summed E-state index contributed by atoms with van der Waals surface area (Å²) in [6.07, 6.45) is 1.15. The molecule has 0 amide bonds. The van der Waals surface area contributed by atoms with Crippen LogP contribution in [0.2, 0.25) is 0 Å². The first-order chi connectivity index (χ1) is 13.2. The number of hydrogen-bond acceptors (Lipinski definition) is 3. The summed E-state index contributed by atoms with van der Waals surface area (Å²) in [5.41, 5.74) is 2.55. The summed E-state index contributed by atoms with van der Waals surface area (Å²) in [7, 11) is 3.51. The summed E-state index contributed by atoms with van der Waals surface area (Å²) in [5, 5.41) is 3.49. The number of nitrogens with one attached hydrogen (secondary N) is 1. The highest BCUT2D eigenvalue weighted by molar-refractivity contribution is 5.80. The molecule has 0 bridgehead atoms. The van der Waals surface area contributed by atoms with Crippen LogP contribution in [-0.4, -0.2) is 44.7 Å². The molecule has 3 rings (SSSR count). The van der Waals surface area contributed by atoms with Gasteiger partial charge in [0.1, 0.15) is 0 Å². The normalized spacial score (nSPS) is 17.1. The van der Waals surface area contributed by atoms with Crippen LogP contribution in [0.25, 0.3) is 0 Å². The Morgan fingerprint density at radius 1 is 1.19 bits per heavy atom. The Morgan fingerprint density at radius 2 is 2.00 bits per heavy atom. The average molecular weight is 367 g/mol. The summed E-state index contributed by atoms with van der Waals surface area (Å²) in [5.74, 6) is 3.05. The van der Waals surface area contributed by atoms with E-state index in [1.807, 2.05) is 26.1 Å². The molecule has 2 aromatic rings. The Morgan fingerprint density at radius 3 is 2.70 bits per heavy atom. The van der Waals surface area contributed by atoms with Crippen LogP contribution in [0, 0.1) is 0 Å². The van der Waals surface area contributed by atoms with Gasteiger partial charge in [0.25, 0.3) is 0 Å². The molecule has 1 aliphatic rings. The monoisotopic (exact) mass is 367 g/mol. The summed E-state index contributed by atoms with van der Waals surface area (Å²) in [6.45, 7) is 5.30. The van der Waals surface area contributed by atoms with E-state index in [2.05, 4.69) is 51.6 Å². The molecular formula is C22H29N3O2. The van der Waals surface area contributed by atoms with Gasteiger partial charge >= 0.3 is 0 Å². The quantitative estimate of drug-likeness (QED) is 0.625. The average Bonchev–Trinajstić information content (AvgIpc) is 3.20. The van der Waals surface area contributed by atoms with Gasteiger partial charge in [-0.3, -0.25) is 4.99 Å². The molecule has 144 valence electrons.